The molecular weight excluding hydrogens is 781 g/mol. The standard InChI is InChI=1S/2C4H12O7P2.3Cd/c2*1-3(2)11-13(9,10)4(5)12(6,7)8;;;/h2*3-5H,1-2H3,(H,9,10)(H2,6,7,8);;;/q;;3*+2/p-6. The second-order valence-electron chi connectivity index (χ2n) is 5.16. The van der Waals surface area contributed by atoms with E-state index in [2.05, 4.69) is 9.05 Å². The van der Waals surface area contributed by atoms with Gasteiger partial charge in [0.1, 0.15) is 11.2 Å². The predicted octanol–water partition coefficient (Wildman–Crippen LogP) is -3.70. The maximum Gasteiger partial charge on any atom is 2.00 e. The molecule has 0 saturated carbocycles. The summed E-state index contributed by atoms with van der Waals surface area (Å²) in [7, 11) is -21.2. The van der Waals surface area contributed by atoms with E-state index in [0.29, 0.717) is 0 Å². The maximum absolute atomic E-state index is 10.8. The maximum atomic E-state index is 10.8. The van der Waals surface area contributed by atoms with Gasteiger partial charge in [-0.25, -0.2) is 0 Å². The van der Waals surface area contributed by atoms with E-state index in [0.717, 1.165) is 0 Å². The van der Waals surface area contributed by atoms with Crippen LogP contribution < -0.4 is 29.4 Å². The molecule has 0 aliphatic rings. The Labute approximate surface area is 228 Å². The van der Waals surface area contributed by atoms with Crippen LogP contribution in [0.25, 0.3) is 0 Å². The zero-order valence-corrected chi connectivity index (χ0v) is 31.7. The second kappa shape index (κ2) is 16.8. The van der Waals surface area contributed by atoms with Gasteiger partial charge in [-0.2, -0.15) is 0 Å². The topological polar surface area (TPSA) is 266 Å². The third kappa shape index (κ3) is 19.3. The zero-order valence-electron chi connectivity index (χ0n) is 16.0. The minimum atomic E-state index is -5.58. The van der Waals surface area contributed by atoms with Crippen LogP contribution in [0.2, 0.25) is 0 Å². The molecule has 0 aromatic heterocycles. The Bertz CT molecular complexity index is 578. The summed E-state index contributed by atoms with van der Waals surface area (Å²) in [6.07, 6.45) is -1.66. The van der Waals surface area contributed by atoms with Crippen molar-refractivity contribution in [3.05, 3.63) is 0 Å². The van der Waals surface area contributed by atoms with Crippen LogP contribution in [0.4, 0.5) is 0 Å². The van der Waals surface area contributed by atoms with Gasteiger partial charge in [0.15, 0.2) is 15.2 Å². The third-order valence-electron chi connectivity index (χ3n) is 1.85. The average molecular weight is 799 g/mol. The molecule has 0 radical (unpaired) electrons. The molecule has 0 saturated heterocycles. The van der Waals surface area contributed by atoms with E-state index in [-0.39, 0.29) is 81.9 Å². The van der Waals surface area contributed by atoms with Crippen LogP contribution in [0.1, 0.15) is 27.7 Å². The van der Waals surface area contributed by atoms with E-state index in [4.69, 9.17) is 10.2 Å². The SMILES string of the molecule is CC(C)OP(=O)([O-])C(O)P(=O)([O-])[O-].CC(C)OP(=O)([O-])C(O)P(=O)([O-])[O-].[Cd+2].[Cd+2].[Cd+2]. The summed E-state index contributed by atoms with van der Waals surface area (Å²) in [5.41, 5.74) is -6.02. The van der Waals surface area contributed by atoms with Gasteiger partial charge >= 0.3 is 81.9 Å². The molecule has 4 unspecified atom stereocenters. The smallest absolute Gasteiger partial charge is 0.809 e. The Morgan fingerprint density at radius 1 is 0.586 bits per heavy atom. The van der Waals surface area contributed by atoms with Gasteiger partial charge in [0.2, 0.25) is 0 Å². The van der Waals surface area contributed by atoms with Crippen LogP contribution in [0.3, 0.4) is 0 Å². The fraction of sp³-hybridized carbons (Fsp3) is 1.00. The van der Waals surface area contributed by atoms with Crippen LogP contribution in [-0.4, -0.2) is 33.6 Å². The molecule has 0 spiro atoms. The van der Waals surface area contributed by atoms with Crippen molar-refractivity contribution in [3.63, 3.8) is 0 Å². The number of hydrogen-bond donors (Lipinski definition) is 2. The van der Waals surface area contributed by atoms with Gasteiger partial charge in [-0.15, -0.1) is 0 Å². The van der Waals surface area contributed by atoms with Crippen LogP contribution in [0.15, 0.2) is 0 Å². The van der Waals surface area contributed by atoms with E-state index in [1.54, 1.807) is 0 Å². The number of rotatable bonds is 8. The Balaban J connectivity index is -0.000000120. The molecular formula is C8H18Cd3O14P4. The molecule has 0 heterocycles. The Morgan fingerprint density at radius 3 is 0.862 bits per heavy atom. The molecule has 14 nitrogen and oxygen atoms in total. The van der Waals surface area contributed by atoms with Crippen molar-refractivity contribution in [1.29, 1.82) is 0 Å². The van der Waals surface area contributed by atoms with E-state index in [1.165, 1.54) is 27.7 Å². The summed E-state index contributed by atoms with van der Waals surface area (Å²) in [5, 5.41) is 17.1. The number of aliphatic hydroxyl groups is 2. The van der Waals surface area contributed by atoms with Gasteiger partial charge in [-0.05, 0) is 42.9 Å². The third-order valence-corrected chi connectivity index (χ3v) is 8.93. The molecule has 21 heteroatoms. The van der Waals surface area contributed by atoms with Gasteiger partial charge in [0, 0.05) is 0 Å². The molecule has 0 rings (SSSR count). The Kier molecular flexibility index (Phi) is 24.6. The monoisotopic (exact) mass is 804 g/mol. The molecule has 0 bridgehead atoms. The van der Waals surface area contributed by atoms with Crippen molar-refractivity contribution in [2.75, 3.05) is 0 Å². The Hall–Kier alpha value is 3.29. The van der Waals surface area contributed by atoms with E-state index in [9.17, 15) is 47.6 Å². The van der Waals surface area contributed by atoms with Crippen molar-refractivity contribution < 1.29 is 149 Å². The molecule has 0 aromatic carbocycles. The van der Waals surface area contributed by atoms with Crippen molar-refractivity contribution >= 4 is 30.4 Å². The van der Waals surface area contributed by atoms with Crippen molar-refractivity contribution in [3.8, 4) is 0 Å². The summed E-state index contributed by atoms with van der Waals surface area (Å²) in [6.45, 7) is 5.27. The van der Waals surface area contributed by atoms with Gasteiger partial charge < -0.3 is 66.9 Å². The molecule has 2 N–H and O–H groups in total. The molecule has 0 fully saturated rings. The average Bonchev–Trinajstić information content (AvgIpc) is 2.32. The van der Waals surface area contributed by atoms with Gasteiger partial charge in [0.05, 0.1) is 12.2 Å². The summed E-state index contributed by atoms with van der Waals surface area (Å²) >= 11 is 0. The fourth-order valence-corrected chi connectivity index (χ4v) is 5.53. The molecule has 0 aliphatic carbocycles. The van der Waals surface area contributed by atoms with Crippen molar-refractivity contribution in [2.45, 2.75) is 51.1 Å². The van der Waals surface area contributed by atoms with Crippen molar-refractivity contribution in [2.24, 2.45) is 0 Å². The number of aliphatic hydroxyl groups excluding tert-OH is 2. The largest absolute Gasteiger partial charge is 2.00 e. The van der Waals surface area contributed by atoms with Gasteiger partial charge in [-0.1, -0.05) is 0 Å². The molecule has 0 aromatic rings. The van der Waals surface area contributed by atoms with E-state index >= 15 is 0 Å². The van der Waals surface area contributed by atoms with Crippen LogP contribution >= 0.6 is 30.4 Å². The van der Waals surface area contributed by atoms with Gasteiger partial charge in [0.25, 0.3) is 0 Å². The molecule has 0 amide bonds. The first-order chi connectivity index (χ1) is 11.1. The molecule has 4 atom stereocenters. The van der Waals surface area contributed by atoms with Crippen LogP contribution in [0.5, 0.6) is 0 Å². The van der Waals surface area contributed by atoms with Crippen LogP contribution in [0, 0.1) is 0 Å². The van der Waals surface area contributed by atoms with Gasteiger partial charge in [-0.3, -0.25) is 0 Å². The first kappa shape index (κ1) is 42.4. The summed E-state index contributed by atoms with van der Waals surface area (Å²) in [4.78, 5) is 62.1. The van der Waals surface area contributed by atoms with E-state index in [1.807, 2.05) is 0 Å². The molecule has 29 heavy (non-hydrogen) atoms. The number of hydrogen-bond acceptors (Lipinski definition) is 14. The quantitative estimate of drug-likeness (QED) is 0.177. The summed E-state index contributed by atoms with van der Waals surface area (Å²) < 4.78 is 50.0. The predicted molar refractivity (Wildman–Crippen MR) is 74.9 cm³/mol. The first-order valence-electron chi connectivity index (χ1n) is 6.52. The zero-order chi connectivity index (χ0) is 21.7. The second-order valence-corrected chi connectivity index (χ2v) is 12.7. The molecule has 0 aliphatic heterocycles. The fourth-order valence-electron chi connectivity index (χ4n) is 1.04. The van der Waals surface area contributed by atoms with Crippen LogP contribution in [-0.2, 0) is 109 Å². The molecule has 160 valence electrons. The summed E-state index contributed by atoms with van der Waals surface area (Å²) in [6, 6.07) is 0. The first-order valence-corrected chi connectivity index (χ1v) is 13.0. The normalized spacial score (nSPS) is 17.9. The summed E-state index contributed by atoms with van der Waals surface area (Å²) in [5.74, 6) is 0. The van der Waals surface area contributed by atoms with E-state index < -0.39 is 53.8 Å². The van der Waals surface area contributed by atoms with Crippen molar-refractivity contribution in [1.82, 2.24) is 0 Å². The minimum Gasteiger partial charge on any atom is -0.809 e. The minimum absolute atomic E-state index is 0. The Morgan fingerprint density at radius 2 is 0.759 bits per heavy atom.